The van der Waals surface area contributed by atoms with Crippen LogP contribution in [0.15, 0.2) is 59.5 Å². The lowest BCUT2D eigenvalue weighted by atomic mass is 9.95. The Morgan fingerprint density at radius 3 is 2.28 bits per heavy atom. The van der Waals surface area contributed by atoms with Crippen LogP contribution in [-0.4, -0.2) is 25.6 Å². The van der Waals surface area contributed by atoms with Gasteiger partial charge in [-0.2, -0.15) is 0 Å². The van der Waals surface area contributed by atoms with Crippen LogP contribution < -0.4 is 5.32 Å². The van der Waals surface area contributed by atoms with Crippen LogP contribution in [0.4, 0.5) is 0 Å². The number of hydrogen-bond acceptors (Lipinski definition) is 3. The second kappa shape index (κ2) is 8.02. The summed E-state index contributed by atoms with van der Waals surface area (Å²) in [5.74, 6) is -0.569. The van der Waals surface area contributed by atoms with Gasteiger partial charge in [-0.05, 0) is 38.0 Å². The highest BCUT2D eigenvalue weighted by molar-refractivity contribution is 7.91. The number of hydrogen-bond donors (Lipinski definition) is 1. The summed E-state index contributed by atoms with van der Waals surface area (Å²) in [5.41, 5.74) is 0.642. The van der Waals surface area contributed by atoms with Gasteiger partial charge in [0, 0.05) is 12.0 Å². The molecular formula is C19H22ClNO3S. The Balaban J connectivity index is 1.95. The first-order chi connectivity index (χ1) is 11.7. The fraction of sp³-hybridized carbons (Fsp3) is 0.316. The number of rotatable bonds is 7. The van der Waals surface area contributed by atoms with Gasteiger partial charge in [-0.3, -0.25) is 4.79 Å². The molecule has 25 heavy (non-hydrogen) atoms. The Hall–Kier alpha value is -1.85. The molecule has 0 saturated heterocycles. The minimum atomic E-state index is -3.59. The van der Waals surface area contributed by atoms with Crippen LogP contribution in [0.5, 0.6) is 0 Å². The number of benzene rings is 2. The van der Waals surface area contributed by atoms with Gasteiger partial charge >= 0.3 is 0 Å². The van der Waals surface area contributed by atoms with Gasteiger partial charge in [-0.25, -0.2) is 8.42 Å². The van der Waals surface area contributed by atoms with Crippen LogP contribution >= 0.6 is 11.6 Å². The van der Waals surface area contributed by atoms with E-state index in [1.807, 2.05) is 44.2 Å². The van der Waals surface area contributed by atoms with Crippen molar-refractivity contribution in [1.82, 2.24) is 5.32 Å². The van der Waals surface area contributed by atoms with Crippen molar-refractivity contribution in [2.24, 2.45) is 0 Å². The number of amides is 1. The van der Waals surface area contributed by atoms with Gasteiger partial charge in [-0.15, -0.1) is 0 Å². The second-order valence-corrected chi connectivity index (χ2v) is 9.08. The molecule has 6 heteroatoms. The van der Waals surface area contributed by atoms with Gasteiger partial charge in [-0.1, -0.05) is 54.1 Å². The van der Waals surface area contributed by atoms with Crippen molar-refractivity contribution in [3.05, 3.63) is 65.2 Å². The molecule has 134 valence electrons. The van der Waals surface area contributed by atoms with E-state index in [0.29, 0.717) is 6.42 Å². The van der Waals surface area contributed by atoms with Crippen molar-refractivity contribution < 1.29 is 13.2 Å². The molecule has 2 rings (SSSR count). The van der Waals surface area contributed by atoms with Crippen LogP contribution in [0.3, 0.4) is 0 Å². The van der Waals surface area contributed by atoms with Crippen LogP contribution in [0, 0.1) is 0 Å². The summed E-state index contributed by atoms with van der Waals surface area (Å²) in [5, 5.41) is 3.08. The molecule has 1 N–H and O–H groups in total. The van der Waals surface area contributed by atoms with Gasteiger partial charge < -0.3 is 5.32 Å². The highest BCUT2D eigenvalue weighted by Gasteiger charge is 2.23. The maximum Gasteiger partial charge on any atom is 0.221 e. The van der Waals surface area contributed by atoms with E-state index in [1.54, 1.807) is 12.1 Å². The lowest BCUT2D eigenvalue weighted by Crippen LogP contribution is -2.45. The minimum Gasteiger partial charge on any atom is -0.351 e. The fourth-order valence-corrected chi connectivity index (χ4v) is 4.44. The van der Waals surface area contributed by atoms with E-state index >= 15 is 0 Å². The summed E-state index contributed by atoms with van der Waals surface area (Å²) in [6, 6.07) is 16.1. The molecule has 0 aliphatic carbocycles. The first kappa shape index (κ1) is 19.5. The Morgan fingerprint density at radius 1 is 1.04 bits per heavy atom. The third-order valence-corrected chi connectivity index (χ3v) is 5.95. The highest BCUT2D eigenvalue weighted by Crippen LogP contribution is 2.22. The quantitative estimate of drug-likeness (QED) is 0.798. The molecule has 0 heterocycles. The molecule has 0 aliphatic rings. The first-order valence-corrected chi connectivity index (χ1v) is 10.0. The third-order valence-electron chi connectivity index (χ3n) is 3.74. The molecule has 0 saturated carbocycles. The van der Waals surface area contributed by atoms with E-state index in [-0.39, 0.29) is 28.0 Å². The summed E-state index contributed by atoms with van der Waals surface area (Å²) in [7, 11) is -3.59. The van der Waals surface area contributed by atoms with Crippen molar-refractivity contribution in [3.8, 4) is 0 Å². The fourth-order valence-electron chi connectivity index (χ4n) is 2.62. The van der Waals surface area contributed by atoms with Crippen LogP contribution in [0.1, 0.15) is 25.8 Å². The van der Waals surface area contributed by atoms with Crippen molar-refractivity contribution >= 4 is 27.3 Å². The van der Waals surface area contributed by atoms with Gasteiger partial charge in [0.25, 0.3) is 0 Å². The maximum absolute atomic E-state index is 12.3. The molecule has 0 spiro atoms. The van der Waals surface area contributed by atoms with Gasteiger partial charge in [0.15, 0.2) is 9.84 Å². The molecule has 4 nitrogen and oxygen atoms in total. The smallest absolute Gasteiger partial charge is 0.221 e. The zero-order valence-electron chi connectivity index (χ0n) is 14.3. The predicted molar refractivity (Wildman–Crippen MR) is 100 cm³/mol. The molecule has 0 aromatic heterocycles. The molecule has 0 radical (unpaired) electrons. The Morgan fingerprint density at radius 2 is 1.64 bits per heavy atom. The molecule has 0 unspecified atom stereocenters. The summed E-state index contributed by atoms with van der Waals surface area (Å²) in [4.78, 5) is 12.3. The summed E-state index contributed by atoms with van der Waals surface area (Å²) < 4.78 is 24.7. The van der Waals surface area contributed by atoms with E-state index in [1.165, 1.54) is 12.1 Å². The van der Waals surface area contributed by atoms with Gasteiger partial charge in [0.2, 0.25) is 5.91 Å². The van der Waals surface area contributed by atoms with Crippen molar-refractivity contribution in [2.45, 2.75) is 37.1 Å². The number of halogens is 1. The average Bonchev–Trinajstić information content (AvgIpc) is 2.53. The lowest BCUT2D eigenvalue weighted by Gasteiger charge is -2.26. The Labute approximate surface area is 154 Å². The zero-order valence-corrected chi connectivity index (χ0v) is 15.9. The summed E-state index contributed by atoms with van der Waals surface area (Å²) >= 11 is 5.94. The Bertz CT molecular complexity index is 833. The molecule has 0 aliphatic heterocycles. The van der Waals surface area contributed by atoms with E-state index in [4.69, 9.17) is 11.6 Å². The zero-order chi connectivity index (χ0) is 18.5. The lowest BCUT2D eigenvalue weighted by molar-refractivity contribution is -0.122. The molecule has 0 atom stereocenters. The molecule has 0 bridgehead atoms. The topological polar surface area (TPSA) is 63.2 Å². The van der Waals surface area contributed by atoms with Crippen molar-refractivity contribution in [3.63, 3.8) is 0 Å². The van der Waals surface area contributed by atoms with Crippen molar-refractivity contribution in [1.29, 1.82) is 0 Å². The van der Waals surface area contributed by atoms with E-state index in [0.717, 1.165) is 5.56 Å². The summed E-state index contributed by atoms with van der Waals surface area (Å²) in [6.45, 7) is 3.83. The van der Waals surface area contributed by atoms with Crippen LogP contribution in [0.2, 0.25) is 5.02 Å². The monoisotopic (exact) mass is 379 g/mol. The standard InChI is InChI=1S/C19H22ClNO3S/c1-19(2,14-15-8-4-3-5-9-15)21-18(22)12-13-25(23,24)17-11-7-6-10-16(17)20/h3-11H,12-14H2,1-2H3,(H,21,22). The van der Waals surface area contributed by atoms with E-state index in [2.05, 4.69) is 5.32 Å². The number of carbonyl (C=O) groups is 1. The Kier molecular flexibility index (Phi) is 6.25. The normalized spacial score (nSPS) is 12.0. The molecule has 2 aromatic rings. The third kappa shape index (κ3) is 5.87. The highest BCUT2D eigenvalue weighted by atomic mass is 35.5. The maximum atomic E-state index is 12.3. The van der Waals surface area contributed by atoms with Crippen molar-refractivity contribution in [2.75, 3.05) is 5.75 Å². The van der Waals surface area contributed by atoms with Crippen LogP contribution in [0.25, 0.3) is 0 Å². The second-order valence-electron chi connectivity index (χ2n) is 6.59. The molecule has 1 amide bonds. The van der Waals surface area contributed by atoms with Gasteiger partial charge in [0.1, 0.15) is 0 Å². The van der Waals surface area contributed by atoms with E-state index in [9.17, 15) is 13.2 Å². The molecule has 0 fully saturated rings. The first-order valence-electron chi connectivity index (χ1n) is 8.02. The number of carbonyl (C=O) groups excluding carboxylic acids is 1. The molecular weight excluding hydrogens is 358 g/mol. The SMILES string of the molecule is CC(C)(Cc1ccccc1)NC(=O)CCS(=O)(=O)c1ccccc1Cl. The van der Waals surface area contributed by atoms with E-state index < -0.39 is 15.4 Å². The van der Waals surface area contributed by atoms with Gasteiger partial charge in [0.05, 0.1) is 15.7 Å². The van der Waals surface area contributed by atoms with Crippen LogP contribution in [-0.2, 0) is 21.1 Å². The average molecular weight is 380 g/mol. The molecule has 2 aromatic carbocycles. The summed E-state index contributed by atoms with van der Waals surface area (Å²) in [6.07, 6.45) is 0.558. The minimum absolute atomic E-state index is 0.0630. The largest absolute Gasteiger partial charge is 0.351 e. The predicted octanol–water partition coefficient (Wildman–Crippen LogP) is 3.64. The number of sulfone groups is 1. The number of nitrogens with one attached hydrogen (secondary N) is 1.